The van der Waals surface area contributed by atoms with Crippen molar-refractivity contribution in [3.05, 3.63) is 36.5 Å². The van der Waals surface area contributed by atoms with E-state index in [4.69, 9.17) is 10.5 Å². The first-order valence-electron chi connectivity index (χ1n) is 7.89. The molecule has 2 aromatic rings. The molecule has 5 nitrogen and oxygen atoms in total. The van der Waals surface area contributed by atoms with E-state index in [0.717, 1.165) is 16.7 Å². The zero-order valence-electron chi connectivity index (χ0n) is 14.0. The molecule has 0 aliphatic carbocycles. The Kier molecular flexibility index (Phi) is 5.55. The number of hydrogen-bond acceptors (Lipinski definition) is 4. The lowest BCUT2D eigenvalue weighted by Gasteiger charge is -2.25. The molecule has 0 spiro atoms. The lowest BCUT2D eigenvalue weighted by molar-refractivity contribution is -0.124. The highest BCUT2D eigenvalue weighted by Crippen LogP contribution is 2.22. The molecule has 1 heterocycles. The number of para-hydroxylation sites is 1. The number of pyridine rings is 1. The van der Waals surface area contributed by atoms with E-state index in [0.29, 0.717) is 19.6 Å². The summed E-state index contributed by atoms with van der Waals surface area (Å²) in [5.74, 6) is 0.644. The van der Waals surface area contributed by atoms with Crippen LogP contribution in [0.3, 0.4) is 0 Å². The Hall–Kier alpha value is -2.14. The van der Waals surface area contributed by atoms with Crippen molar-refractivity contribution >= 4 is 16.8 Å². The van der Waals surface area contributed by atoms with Gasteiger partial charge in [-0.25, -0.2) is 0 Å². The fraction of sp³-hybridized carbons (Fsp3) is 0.444. The first-order valence-corrected chi connectivity index (χ1v) is 7.89. The van der Waals surface area contributed by atoms with Gasteiger partial charge in [-0.2, -0.15) is 0 Å². The molecule has 23 heavy (non-hydrogen) atoms. The van der Waals surface area contributed by atoms with E-state index >= 15 is 0 Å². The predicted molar refractivity (Wildman–Crippen MR) is 92.3 cm³/mol. The summed E-state index contributed by atoms with van der Waals surface area (Å²) in [4.78, 5) is 16.3. The average Bonchev–Trinajstić information content (AvgIpc) is 2.53. The number of nitrogens with one attached hydrogen (secondary N) is 1. The Morgan fingerprint density at radius 3 is 2.78 bits per heavy atom. The van der Waals surface area contributed by atoms with E-state index in [1.807, 2.05) is 51.1 Å². The molecular weight excluding hydrogens is 290 g/mol. The van der Waals surface area contributed by atoms with Crippen LogP contribution in [0.25, 0.3) is 10.9 Å². The number of hydrogen-bond donors (Lipinski definition) is 2. The van der Waals surface area contributed by atoms with Gasteiger partial charge in [0.05, 0.1) is 12.6 Å². The Labute approximate surface area is 137 Å². The third-order valence-electron chi connectivity index (χ3n) is 3.69. The van der Waals surface area contributed by atoms with Crippen LogP contribution in [0.1, 0.15) is 27.2 Å². The molecule has 1 amide bonds. The molecule has 0 unspecified atom stereocenters. The zero-order chi connectivity index (χ0) is 16.9. The largest absolute Gasteiger partial charge is 0.491 e. The van der Waals surface area contributed by atoms with Crippen molar-refractivity contribution in [2.75, 3.05) is 13.2 Å². The molecule has 0 bridgehead atoms. The maximum Gasteiger partial charge on any atom is 0.237 e. The van der Waals surface area contributed by atoms with Gasteiger partial charge in [-0.1, -0.05) is 39.0 Å². The molecule has 0 saturated carbocycles. The minimum absolute atomic E-state index is 0.121. The summed E-state index contributed by atoms with van der Waals surface area (Å²) in [6.07, 6.45) is 2.47. The van der Waals surface area contributed by atoms with E-state index in [2.05, 4.69) is 10.3 Å². The molecule has 0 aliphatic heterocycles. The smallest absolute Gasteiger partial charge is 0.237 e. The highest BCUT2D eigenvalue weighted by Gasteiger charge is 2.26. The van der Waals surface area contributed by atoms with E-state index in [9.17, 15) is 4.79 Å². The van der Waals surface area contributed by atoms with Gasteiger partial charge in [-0.15, -0.1) is 0 Å². The Morgan fingerprint density at radius 1 is 1.30 bits per heavy atom. The van der Waals surface area contributed by atoms with Gasteiger partial charge >= 0.3 is 0 Å². The summed E-state index contributed by atoms with van der Waals surface area (Å²) in [6.45, 7) is 6.91. The number of nitrogens with zero attached hydrogens (tertiary/aromatic N) is 1. The van der Waals surface area contributed by atoms with Gasteiger partial charge in [0, 0.05) is 18.1 Å². The summed E-state index contributed by atoms with van der Waals surface area (Å²) >= 11 is 0. The van der Waals surface area contributed by atoms with Crippen molar-refractivity contribution in [3.8, 4) is 5.75 Å². The molecule has 124 valence electrons. The maximum absolute atomic E-state index is 11.9. The minimum Gasteiger partial charge on any atom is -0.491 e. The van der Waals surface area contributed by atoms with Gasteiger partial charge in [0.2, 0.25) is 5.91 Å². The van der Waals surface area contributed by atoms with E-state index < -0.39 is 6.04 Å². The predicted octanol–water partition coefficient (Wildman–Crippen LogP) is 2.49. The fourth-order valence-corrected chi connectivity index (χ4v) is 2.16. The third-order valence-corrected chi connectivity index (χ3v) is 3.69. The van der Waals surface area contributed by atoms with E-state index in [1.165, 1.54) is 0 Å². The molecule has 2 rings (SSSR count). The zero-order valence-corrected chi connectivity index (χ0v) is 14.0. The van der Waals surface area contributed by atoms with Crippen LogP contribution in [0.15, 0.2) is 36.5 Å². The summed E-state index contributed by atoms with van der Waals surface area (Å²) in [7, 11) is 0. The molecule has 5 heteroatoms. The van der Waals surface area contributed by atoms with Crippen molar-refractivity contribution in [3.63, 3.8) is 0 Å². The fourth-order valence-electron chi connectivity index (χ4n) is 2.16. The topological polar surface area (TPSA) is 77.2 Å². The Bertz CT molecular complexity index is 659. The molecule has 1 atom stereocenters. The Balaban J connectivity index is 1.78. The summed E-state index contributed by atoms with van der Waals surface area (Å²) < 4.78 is 5.78. The second-order valence-corrected chi connectivity index (χ2v) is 6.67. The molecule has 0 saturated heterocycles. The lowest BCUT2D eigenvalue weighted by atomic mass is 9.87. The van der Waals surface area contributed by atoms with Crippen molar-refractivity contribution in [2.24, 2.45) is 11.1 Å². The Morgan fingerprint density at radius 2 is 2.04 bits per heavy atom. The standard InChI is InChI=1S/C18H25N3O2/c1-18(2,3)16(19)17(22)21-11-6-12-23-14-9-4-7-13-8-5-10-20-15(13)14/h4-5,7-10,16H,6,11-12,19H2,1-3H3,(H,21,22)/t16-/m1/s1. The number of fused-ring (bicyclic) bond motifs is 1. The number of nitrogens with two attached hydrogens (primary N) is 1. The number of amides is 1. The summed E-state index contributed by atoms with van der Waals surface area (Å²) in [5.41, 5.74) is 6.53. The first-order chi connectivity index (χ1) is 10.9. The molecule has 1 aromatic carbocycles. The molecule has 0 fully saturated rings. The van der Waals surface area contributed by atoms with Crippen LogP contribution in [-0.4, -0.2) is 30.1 Å². The van der Waals surface area contributed by atoms with Gasteiger partial charge in [-0.05, 0) is 24.0 Å². The SMILES string of the molecule is CC(C)(C)[C@H](N)C(=O)NCCCOc1cccc2cccnc12. The number of carbonyl (C=O) groups is 1. The second-order valence-electron chi connectivity index (χ2n) is 6.67. The average molecular weight is 315 g/mol. The molecule has 1 aromatic heterocycles. The number of ether oxygens (including phenoxy) is 1. The van der Waals surface area contributed by atoms with E-state index in [1.54, 1.807) is 6.20 Å². The normalized spacial score (nSPS) is 12.9. The molecule has 0 aliphatic rings. The van der Waals surface area contributed by atoms with Gasteiger partial charge in [-0.3, -0.25) is 9.78 Å². The van der Waals surface area contributed by atoms with Crippen LogP contribution in [0.5, 0.6) is 5.75 Å². The number of carbonyl (C=O) groups excluding carboxylic acids is 1. The van der Waals surface area contributed by atoms with Gasteiger partial charge < -0.3 is 15.8 Å². The second kappa shape index (κ2) is 7.42. The van der Waals surface area contributed by atoms with Crippen LogP contribution >= 0.6 is 0 Å². The molecule has 0 radical (unpaired) electrons. The number of aromatic nitrogens is 1. The summed E-state index contributed by atoms with van der Waals surface area (Å²) in [5, 5.41) is 3.90. The maximum atomic E-state index is 11.9. The molecule has 3 N–H and O–H groups in total. The van der Waals surface area contributed by atoms with Crippen molar-refractivity contribution < 1.29 is 9.53 Å². The third kappa shape index (κ3) is 4.66. The quantitative estimate of drug-likeness (QED) is 0.803. The van der Waals surface area contributed by atoms with Crippen LogP contribution in [0.4, 0.5) is 0 Å². The van der Waals surface area contributed by atoms with Crippen LogP contribution < -0.4 is 15.8 Å². The first kappa shape index (κ1) is 17.2. The molecular formula is C18H25N3O2. The monoisotopic (exact) mass is 315 g/mol. The van der Waals surface area contributed by atoms with Crippen LogP contribution in [-0.2, 0) is 4.79 Å². The summed E-state index contributed by atoms with van der Waals surface area (Å²) in [6, 6.07) is 9.25. The lowest BCUT2D eigenvalue weighted by Crippen LogP contribution is -2.48. The number of rotatable bonds is 6. The van der Waals surface area contributed by atoms with Crippen molar-refractivity contribution in [1.82, 2.24) is 10.3 Å². The highest BCUT2D eigenvalue weighted by molar-refractivity contribution is 5.84. The van der Waals surface area contributed by atoms with Crippen LogP contribution in [0, 0.1) is 5.41 Å². The van der Waals surface area contributed by atoms with Gasteiger partial charge in [0.1, 0.15) is 11.3 Å². The van der Waals surface area contributed by atoms with E-state index in [-0.39, 0.29) is 11.3 Å². The van der Waals surface area contributed by atoms with Crippen molar-refractivity contribution in [1.29, 1.82) is 0 Å². The minimum atomic E-state index is -0.509. The van der Waals surface area contributed by atoms with Crippen LogP contribution in [0.2, 0.25) is 0 Å². The van der Waals surface area contributed by atoms with Gasteiger partial charge in [0.25, 0.3) is 0 Å². The highest BCUT2D eigenvalue weighted by atomic mass is 16.5. The number of benzene rings is 1. The van der Waals surface area contributed by atoms with Crippen molar-refractivity contribution in [2.45, 2.75) is 33.2 Å². The van der Waals surface area contributed by atoms with Gasteiger partial charge in [0.15, 0.2) is 0 Å².